The third kappa shape index (κ3) is 4.21. The molecular formula is C21H24BClO4. The number of halogens is 1. The van der Waals surface area contributed by atoms with Crippen molar-refractivity contribution in [3.63, 3.8) is 0 Å². The molecule has 0 spiro atoms. The first-order valence-corrected chi connectivity index (χ1v) is 9.40. The molecule has 0 amide bonds. The number of aliphatic carboxylic acids is 1. The predicted molar refractivity (Wildman–Crippen MR) is 108 cm³/mol. The molecule has 0 aromatic heterocycles. The van der Waals surface area contributed by atoms with Crippen molar-refractivity contribution in [3.05, 3.63) is 59.1 Å². The molecule has 1 aliphatic heterocycles. The van der Waals surface area contributed by atoms with E-state index in [1.54, 1.807) is 0 Å². The molecule has 1 saturated heterocycles. The smallest absolute Gasteiger partial charge is 0.466 e. The van der Waals surface area contributed by atoms with Crippen LogP contribution in [0, 0.1) is 0 Å². The molecule has 27 heavy (non-hydrogen) atoms. The van der Waals surface area contributed by atoms with Crippen molar-refractivity contribution < 1.29 is 19.2 Å². The highest BCUT2D eigenvalue weighted by atomic mass is 35.5. The van der Waals surface area contributed by atoms with Gasteiger partial charge < -0.3 is 14.4 Å². The van der Waals surface area contributed by atoms with Crippen molar-refractivity contribution in [2.45, 2.75) is 51.1 Å². The molecule has 1 aliphatic rings. The highest BCUT2D eigenvalue weighted by Crippen LogP contribution is 2.42. The van der Waals surface area contributed by atoms with Crippen molar-refractivity contribution in [2.24, 2.45) is 0 Å². The molecule has 1 N–H and O–H groups in total. The number of carbonyl (C=O) groups is 1. The summed E-state index contributed by atoms with van der Waals surface area (Å²) in [6.45, 7) is 7.87. The van der Waals surface area contributed by atoms with Crippen LogP contribution >= 0.6 is 11.6 Å². The van der Waals surface area contributed by atoms with Gasteiger partial charge in [0.25, 0.3) is 0 Å². The van der Waals surface area contributed by atoms with E-state index >= 15 is 0 Å². The van der Waals surface area contributed by atoms with Gasteiger partial charge in [0.15, 0.2) is 0 Å². The molecule has 0 bridgehead atoms. The van der Waals surface area contributed by atoms with Gasteiger partial charge in [-0.15, -0.1) is 0 Å². The Hall–Kier alpha value is -1.82. The van der Waals surface area contributed by atoms with Crippen LogP contribution in [0.1, 0.15) is 45.5 Å². The van der Waals surface area contributed by atoms with Gasteiger partial charge in [-0.1, -0.05) is 48.0 Å². The number of carboxylic acid groups (broad SMARTS) is 1. The Morgan fingerprint density at radius 3 is 1.85 bits per heavy atom. The second kappa shape index (κ2) is 7.31. The van der Waals surface area contributed by atoms with Crippen molar-refractivity contribution in [1.82, 2.24) is 0 Å². The lowest BCUT2D eigenvalue weighted by atomic mass is 9.66. The zero-order chi connectivity index (χ0) is 19.8. The number of hydrogen-bond donors (Lipinski definition) is 1. The van der Waals surface area contributed by atoms with E-state index in [1.807, 2.05) is 76.2 Å². The van der Waals surface area contributed by atoms with Gasteiger partial charge in [-0.25, -0.2) is 0 Å². The number of benzene rings is 2. The Kier molecular flexibility index (Phi) is 5.39. The second-order valence-electron chi connectivity index (χ2n) is 7.96. The monoisotopic (exact) mass is 386 g/mol. The molecule has 0 aliphatic carbocycles. The van der Waals surface area contributed by atoms with E-state index in [9.17, 15) is 9.90 Å². The van der Waals surface area contributed by atoms with Crippen molar-refractivity contribution in [3.8, 4) is 11.1 Å². The zero-order valence-corrected chi connectivity index (χ0v) is 16.8. The maximum atomic E-state index is 11.5. The lowest BCUT2D eigenvalue weighted by Crippen LogP contribution is -2.41. The first-order valence-electron chi connectivity index (χ1n) is 9.02. The van der Waals surface area contributed by atoms with Crippen LogP contribution in [0.4, 0.5) is 0 Å². The first-order chi connectivity index (χ1) is 12.6. The Morgan fingerprint density at radius 2 is 1.41 bits per heavy atom. The second-order valence-corrected chi connectivity index (χ2v) is 8.39. The van der Waals surface area contributed by atoms with E-state index in [-0.39, 0.29) is 12.2 Å². The zero-order valence-electron chi connectivity index (χ0n) is 16.0. The van der Waals surface area contributed by atoms with Crippen LogP contribution in [0.5, 0.6) is 0 Å². The number of carboxylic acids is 1. The summed E-state index contributed by atoms with van der Waals surface area (Å²) in [6.07, 6.45) is -0.0584. The molecule has 1 heterocycles. The van der Waals surface area contributed by atoms with Crippen molar-refractivity contribution >= 4 is 24.7 Å². The molecule has 0 radical (unpaired) electrons. The Bertz CT molecular complexity index is 799. The van der Waals surface area contributed by atoms with Crippen molar-refractivity contribution in [1.29, 1.82) is 0 Å². The van der Waals surface area contributed by atoms with E-state index in [2.05, 4.69) is 0 Å². The molecule has 6 heteroatoms. The van der Waals surface area contributed by atoms with Crippen molar-refractivity contribution in [2.75, 3.05) is 0 Å². The predicted octanol–water partition coefficient (Wildman–Crippen LogP) is 5.20. The molecule has 4 nitrogen and oxygen atoms in total. The van der Waals surface area contributed by atoms with Gasteiger partial charge in [0.1, 0.15) is 0 Å². The highest BCUT2D eigenvalue weighted by molar-refractivity contribution is 6.48. The summed E-state index contributed by atoms with van der Waals surface area (Å²) in [4.78, 5) is 11.5. The van der Waals surface area contributed by atoms with Crippen LogP contribution in [0.3, 0.4) is 0 Å². The lowest BCUT2D eigenvalue weighted by molar-refractivity contribution is -0.137. The summed E-state index contributed by atoms with van der Waals surface area (Å²) in [5.41, 5.74) is 1.97. The van der Waals surface area contributed by atoms with Gasteiger partial charge >= 0.3 is 13.1 Å². The Balaban J connectivity index is 1.88. The minimum atomic E-state index is -0.878. The first kappa shape index (κ1) is 19.9. The Morgan fingerprint density at radius 1 is 0.963 bits per heavy atom. The molecule has 2 aromatic rings. The molecule has 3 rings (SSSR count). The van der Waals surface area contributed by atoms with Crippen LogP contribution in [0.25, 0.3) is 11.1 Å². The molecule has 142 valence electrons. The SMILES string of the molecule is CC1(C)OB(C(CC(=O)O)c2ccc(-c3ccc(Cl)cc3)cc2)OC1(C)C. The lowest BCUT2D eigenvalue weighted by Gasteiger charge is -2.32. The summed E-state index contributed by atoms with van der Waals surface area (Å²) < 4.78 is 12.2. The average molecular weight is 387 g/mol. The van der Waals surface area contributed by atoms with Crippen LogP contribution < -0.4 is 0 Å². The largest absolute Gasteiger partial charge is 0.481 e. The molecular weight excluding hydrogens is 362 g/mol. The summed E-state index contributed by atoms with van der Waals surface area (Å²) in [5.74, 6) is -1.26. The van der Waals surface area contributed by atoms with Crippen LogP contribution in [0.15, 0.2) is 48.5 Å². The maximum Gasteiger partial charge on any atom is 0.466 e. The quantitative estimate of drug-likeness (QED) is 0.718. The summed E-state index contributed by atoms with van der Waals surface area (Å²) >= 11 is 5.95. The van der Waals surface area contributed by atoms with E-state index in [1.165, 1.54) is 0 Å². The third-order valence-corrected chi connectivity index (χ3v) is 5.76. The fourth-order valence-electron chi connectivity index (χ4n) is 3.18. The van der Waals surface area contributed by atoms with Gasteiger partial charge in [-0.05, 0) is 56.5 Å². The fraction of sp³-hybridized carbons (Fsp3) is 0.381. The molecule has 1 atom stereocenters. The topological polar surface area (TPSA) is 55.8 Å². The normalized spacial score (nSPS) is 19.1. The molecule has 1 fully saturated rings. The van der Waals surface area contributed by atoms with Gasteiger partial charge in [0, 0.05) is 10.8 Å². The minimum absolute atomic E-state index is 0.0584. The summed E-state index contributed by atoms with van der Waals surface area (Å²) in [7, 11) is -0.604. The van der Waals surface area contributed by atoms with Gasteiger partial charge in [0.2, 0.25) is 0 Å². The molecule has 1 unspecified atom stereocenters. The van der Waals surface area contributed by atoms with E-state index in [4.69, 9.17) is 20.9 Å². The van der Waals surface area contributed by atoms with Crippen LogP contribution in [-0.2, 0) is 14.1 Å². The van der Waals surface area contributed by atoms with Gasteiger partial charge in [-0.3, -0.25) is 4.79 Å². The number of rotatable bonds is 5. The average Bonchev–Trinajstić information content (AvgIpc) is 2.81. The molecule has 0 saturated carbocycles. The van der Waals surface area contributed by atoms with E-state index < -0.39 is 24.3 Å². The van der Waals surface area contributed by atoms with Gasteiger partial charge in [-0.2, -0.15) is 0 Å². The van der Waals surface area contributed by atoms with Crippen LogP contribution in [0.2, 0.25) is 5.02 Å². The van der Waals surface area contributed by atoms with Crippen LogP contribution in [-0.4, -0.2) is 29.4 Å². The standard InChI is InChI=1S/C21H24BClO4/c1-20(2)21(3,4)27-22(26-20)18(13-19(24)25)16-7-5-14(6-8-16)15-9-11-17(23)12-10-15/h5-12,18H,13H2,1-4H3,(H,24,25). The van der Waals surface area contributed by atoms with Gasteiger partial charge in [0.05, 0.1) is 17.6 Å². The number of hydrogen-bond acceptors (Lipinski definition) is 3. The third-order valence-electron chi connectivity index (χ3n) is 5.51. The maximum absolute atomic E-state index is 11.5. The van der Waals surface area contributed by atoms with E-state index in [0.717, 1.165) is 16.7 Å². The summed E-state index contributed by atoms with van der Waals surface area (Å²) in [5, 5.41) is 10.1. The Labute approximate surface area is 165 Å². The molecule has 2 aromatic carbocycles. The summed E-state index contributed by atoms with van der Waals surface area (Å²) in [6, 6.07) is 15.5. The van der Waals surface area contributed by atoms with E-state index in [0.29, 0.717) is 5.02 Å². The minimum Gasteiger partial charge on any atom is -0.481 e. The highest BCUT2D eigenvalue weighted by Gasteiger charge is 2.54. The fourth-order valence-corrected chi connectivity index (χ4v) is 3.30.